The molecular weight excluding hydrogens is 661 g/mol. The molecule has 0 bridgehead atoms. The molecule has 11 rings (SSSR count). The van der Waals surface area contributed by atoms with Crippen LogP contribution in [0.2, 0.25) is 0 Å². The molecule has 0 atom stereocenters. The monoisotopic (exact) mass is 692 g/mol. The van der Waals surface area contributed by atoms with E-state index in [1.807, 2.05) is 0 Å². The summed E-state index contributed by atoms with van der Waals surface area (Å²) < 4.78 is 6.82. The first-order valence-electron chi connectivity index (χ1n) is 18.2. The summed E-state index contributed by atoms with van der Waals surface area (Å²) in [6.45, 7) is 2.23. The molecule has 9 aromatic carbocycles. The molecule has 0 saturated carbocycles. The molecule has 53 heavy (non-hydrogen) atoms. The van der Waals surface area contributed by atoms with E-state index in [1.165, 1.54) is 93.2 Å². The molecule has 0 amide bonds. The van der Waals surface area contributed by atoms with E-state index >= 15 is 0 Å². The third-order valence-corrected chi connectivity index (χ3v) is 12.0. The van der Waals surface area contributed by atoms with Crippen molar-refractivity contribution in [2.24, 2.45) is 0 Å². The Kier molecular flexibility index (Phi) is 6.71. The summed E-state index contributed by atoms with van der Waals surface area (Å²) in [7, 11) is 0. The largest absolute Gasteiger partial charge is 0.456 e. The van der Waals surface area contributed by atoms with Crippen LogP contribution in [-0.2, 0) is 0 Å². The zero-order valence-corrected chi connectivity index (χ0v) is 29.9. The Hall–Kier alpha value is -6.48. The van der Waals surface area contributed by atoms with E-state index in [0.29, 0.717) is 0 Å². The molecule has 2 heterocycles. The molecule has 2 heteroatoms. The minimum atomic E-state index is 0.893. The van der Waals surface area contributed by atoms with Crippen LogP contribution in [0.15, 0.2) is 179 Å². The molecule has 0 aliphatic carbocycles. The molecule has 248 valence electrons. The molecule has 2 aromatic heterocycles. The molecule has 0 radical (unpaired) electrons. The van der Waals surface area contributed by atoms with Crippen LogP contribution in [-0.4, -0.2) is 0 Å². The second-order valence-electron chi connectivity index (χ2n) is 14.0. The molecule has 0 unspecified atom stereocenters. The zero-order valence-electron chi connectivity index (χ0n) is 29.1. The van der Waals surface area contributed by atoms with Gasteiger partial charge in [-0.05, 0) is 123 Å². The molecule has 0 fully saturated rings. The highest BCUT2D eigenvalue weighted by Gasteiger charge is 2.24. The van der Waals surface area contributed by atoms with E-state index in [0.717, 1.165) is 21.9 Å². The van der Waals surface area contributed by atoms with Gasteiger partial charge in [0.15, 0.2) is 0 Å². The first-order valence-corrected chi connectivity index (χ1v) is 19.1. The van der Waals surface area contributed by atoms with E-state index in [2.05, 4.69) is 181 Å². The summed E-state index contributed by atoms with van der Waals surface area (Å²) in [6.07, 6.45) is 0. The Balaban J connectivity index is 1.30. The Labute approximate surface area is 311 Å². The predicted octanol–water partition coefficient (Wildman–Crippen LogP) is 15.2. The van der Waals surface area contributed by atoms with E-state index in [1.54, 1.807) is 11.3 Å². The maximum Gasteiger partial charge on any atom is 0.136 e. The fourth-order valence-electron chi connectivity index (χ4n) is 8.94. The van der Waals surface area contributed by atoms with Gasteiger partial charge in [-0.25, -0.2) is 0 Å². The van der Waals surface area contributed by atoms with Gasteiger partial charge in [0.05, 0.1) is 0 Å². The average molecular weight is 693 g/mol. The van der Waals surface area contributed by atoms with Gasteiger partial charge in [-0.15, -0.1) is 0 Å². The Morgan fingerprint density at radius 2 is 0.717 bits per heavy atom. The van der Waals surface area contributed by atoms with Gasteiger partial charge in [-0.3, -0.25) is 0 Å². The molecule has 0 spiro atoms. The van der Waals surface area contributed by atoms with Crippen molar-refractivity contribution >= 4 is 76.4 Å². The summed E-state index contributed by atoms with van der Waals surface area (Å²) in [5, 5.41) is 16.8. The van der Waals surface area contributed by atoms with Gasteiger partial charge >= 0.3 is 0 Å². The third kappa shape index (κ3) is 4.43. The van der Waals surface area contributed by atoms with Crippen molar-refractivity contribution in [3.8, 4) is 44.5 Å². The minimum absolute atomic E-state index is 0.893. The van der Waals surface area contributed by atoms with Gasteiger partial charge in [0.1, 0.15) is 11.2 Å². The lowest BCUT2D eigenvalue weighted by molar-refractivity contribution is 0.669. The standard InChI is InChI=1S/C51H32OS/c1-31-29-53-30-43(31)49-39-23-11-9-21-37(39)48(38-22-10-12-24-40(38)49)42-26-14-28-45-51(42)50-41(25-13-27-44(50)52-45)47-35-19-7-5-17-33(35)46(32-15-3-2-4-16-32)34-18-6-8-20-36(34)47/h2-30H,1H3. The smallest absolute Gasteiger partial charge is 0.136 e. The highest BCUT2D eigenvalue weighted by Crippen LogP contribution is 2.51. The van der Waals surface area contributed by atoms with Crippen LogP contribution in [0.1, 0.15) is 5.56 Å². The van der Waals surface area contributed by atoms with Crippen LogP contribution in [0, 0.1) is 6.92 Å². The molecular formula is C51H32OS. The van der Waals surface area contributed by atoms with Crippen LogP contribution >= 0.6 is 11.3 Å². The highest BCUT2D eigenvalue weighted by molar-refractivity contribution is 7.08. The number of hydrogen-bond acceptors (Lipinski definition) is 2. The summed E-state index contributed by atoms with van der Waals surface area (Å²) >= 11 is 1.77. The van der Waals surface area contributed by atoms with Gasteiger partial charge in [-0.1, -0.05) is 152 Å². The quantitative estimate of drug-likeness (QED) is 0.167. The second kappa shape index (κ2) is 11.8. The third-order valence-electron chi connectivity index (χ3n) is 11.1. The van der Waals surface area contributed by atoms with Crippen LogP contribution in [0.3, 0.4) is 0 Å². The lowest BCUT2D eigenvalue weighted by atomic mass is 9.83. The van der Waals surface area contributed by atoms with Crippen molar-refractivity contribution in [3.05, 3.63) is 180 Å². The van der Waals surface area contributed by atoms with Crippen molar-refractivity contribution in [1.82, 2.24) is 0 Å². The number of benzene rings is 9. The molecule has 0 N–H and O–H groups in total. The minimum Gasteiger partial charge on any atom is -0.456 e. The number of aryl methyl sites for hydroxylation is 1. The second-order valence-corrected chi connectivity index (χ2v) is 14.7. The molecule has 11 aromatic rings. The summed E-state index contributed by atoms with van der Waals surface area (Å²) in [5.41, 5.74) is 13.0. The molecule has 1 nitrogen and oxygen atoms in total. The molecule has 0 saturated heterocycles. The molecule has 0 aliphatic heterocycles. The fraction of sp³-hybridized carbons (Fsp3) is 0.0196. The van der Waals surface area contributed by atoms with Gasteiger partial charge in [0.2, 0.25) is 0 Å². The van der Waals surface area contributed by atoms with Crippen molar-refractivity contribution < 1.29 is 4.42 Å². The van der Waals surface area contributed by atoms with Gasteiger partial charge in [0, 0.05) is 10.8 Å². The normalized spacial score (nSPS) is 11.9. The number of rotatable bonds is 4. The Bertz CT molecular complexity index is 3120. The maximum atomic E-state index is 6.82. The SMILES string of the molecule is Cc1cscc1-c1c2ccccc2c(-c2cccc3oc4cccc(-c5c6ccccc6c(-c6ccccc6)c6ccccc56)c4c23)c2ccccc12. The van der Waals surface area contributed by atoms with Crippen LogP contribution in [0.4, 0.5) is 0 Å². The van der Waals surface area contributed by atoms with E-state index in [4.69, 9.17) is 4.42 Å². The van der Waals surface area contributed by atoms with Crippen molar-refractivity contribution in [1.29, 1.82) is 0 Å². The zero-order chi connectivity index (χ0) is 35.0. The Morgan fingerprint density at radius 3 is 1.11 bits per heavy atom. The van der Waals surface area contributed by atoms with Crippen LogP contribution in [0.5, 0.6) is 0 Å². The summed E-state index contributed by atoms with van der Waals surface area (Å²) in [4.78, 5) is 0. The van der Waals surface area contributed by atoms with E-state index < -0.39 is 0 Å². The van der Waals surface area contributed by atoms with E-state index in [-0.39, 0.29) is 0 Å². The van der Waals surface area contributed by atoms with Crippen LogP contribution < -0.4 is 0 Å². The number of furan rings is 1. The van der Waals surface area contributed by atoms with Gasteiger partial charge in [0.25, 0.3) is 0 Å². The van der Waals surface area contributed by atoms with Crippen LogP contribution in [0.25, 0.3) is 110 Å². The summed E-state index contributed by atoms with van der Waals surface area (Å²) in [5.74, 6) is 0. The highest BCUT2D eigenvalue weighted by atomic mass is 32.1. The van der Waals surface area contributed by atoms with Crippen molar-refractivity contribution in [2.75, 3.05) is 0 Å². The number of fused-ring (bicyclic) bond motifs is 7. The average Bonchev–Trinajstić information content (AvgIpc) is 3.82. The lowest BCUT2D eigenvalue weighted by Crippen LogP contribution is -1.92. The van der Waals surface area contributed by atoms with Crippen molar-refractivity contribution in [3.63, 3.8) is 0 Å². The fourth-order valence-corrected chi connectivity index (χ4v) is 9.78. The maximum absolute atomic E-state index is 6.82. The van der Waals surface area contributed by atoms with E-state index in [9.17, 15) is 0 Å². The number of thiophene rings is 1. The Morgan fingerprint density at radius 1 is 0.340 bits per heavy atom. The van der Waals surface area contributed by atoms with Gasteiger partial charge < -0.3 is 4.42 Å². The number of hydrogen-bond donors (Lipinski definition) is 0. The topological polar surface area (TPSA) is 13.1 Å². The molecule has 0 aliphatic rings. The van der Waals surface area contributed by atoms with Crippen molar-refractivity contribution in [2.45, 2.75) is 6.92 Å². The summed E-state index contributed by atoms with van der Waals surface area (Å²) in [6, 6.07) is 59.7. The predicted molar refractivity (Wildman–Crippen MR) is 228 cm³/mol. The first-order chi connectivity index (χ1) is 26.3. The lowest BCUT2D eigenvalue weighted by Gasteiger charge is -2.19. The first kappa shape index (κ1) is 30.2. The van der Waals surface area contributed by atoms with Gasteiger partial charge in [-0.2, -0.15) is 11.3 Å².